The minimum absolute atomic E-state index is 0.145. The summed E-state index contributed by atoms with van der Waals surface area (Å²) in [6.07, 6.45) is 11.2. The van der Waals surface area contributed by atoms with Crippen molar-refractivity contribution >= 4 is 21.6 Å². The fourth-order valence-corrected chi connectivity index (χ4v) is 3.85. The Morgan fingerprint density at radius 1 is 1.30 bits per heavy atom. The number of hydrogen-bond acceptors (Lipinski definition) is 2. The van der Waals surface area contributed by atoms with Crippen molar-refractivity contribution < 1.29 is 0 Å². The number of halogens is 1. The lowest BCUT2D eigenvalue weighted by molar-refractivity contribution is 0.486. The maximum Gasteiger partial charge on any atom is 0.0559 e. The van der Waals surface area contributed by atoms with Crippen LogP contribution in [-0.4, -0.2) is 11.8 Å². The quantitative estimate of drug-likeness (QED) is 0.367. The summed E-state index contributed by atoms with van der Waals surface area (Å²) < 4.78 is 1.12. The van der Waals surface area contributed by atoms with Crippen molar-refractivity contribution in [3.8, 4) is 0 Å². The summed E-state index contributed by atoms with van der Waals surface area (Å²) in [7, 11) is 0. The third kappa shape index (κ3) is 6.20. The highest BCUT2D eigenvalue weighted by atomic mass is 79.9. The Hall–Kier alpha value is -1.09. The highest BCUT2D eigenvalue weighted by molar-refractivity contribution is 9.11. The molecule has 0 aliphatic carbocycles. The molecule has 1 aliphatic heterocycles. The van der Waals surface area contributed by atoms with Crippen molar-refractivity contribution in [2.24, 2.45) is 10.4 Å². The van der Waals surface area contributed by atoms with E-state index in [0.717, 1.165) is 54.4 Å². The van der Waals surface area contributed by atoms with Gasteiger partial charge in [-0.1, -0.05) is 61.9 Å². The first-order valence-corrected chi connectivity index (χ1v) is 11.3. The Morgan fingerprint density at radius 2 is 1.96 bits per heavy atom. The minimum atomic E-state index is -0.145. The van der Waals surface area contributed by atoms with Crippen LogP contribution in [0, 0.1) is 5.41 Å². The molecule has 1 N–H and O–H groups in total. The van der Waals surface area contributed by atoms with Gasteiger partial charge in [-0.3, -0.25) is 4.99 Å². The topological polar surface area (TPSA) is 24.4 Å². The third-order valence-electron chi connectivity index (χ3n) is 5.77. The number of nitrogens with zero attached hydrogens (tertiary/aromatic N) is 1. The number of aliphatic imine (C=N–C) groups is 1. The Balaban J connectivity index is 3.33. The first-order valence-electron chi connectivity index (χ1n) is 10.5. The van der Waals surface area contributed by atoms with E-state index in [1.54, 1.807) is 5.57 Å². The van der Waals surface area contributed by atoms with Crippen molar-refractivity contribution in [3.05, 3.63) is 45.8 Å². The Labute approximate surface area is 176 Å². The van der Waals surface area contributed by atoms with Gasteiger partial charge >= 0.3 is 0 Å². The predicted molar refractivity (Wildman–Crippen MR) is 125 cm³/mol. The van der Waals surface area contributed by atoms with Gasteiger partial charge in [0.2, 0.25) is 0 Å². The standard InChI is InChI=1S/C24H39BrN2/c1-9-13-20(10-2)14-15-21(11-3)27-23-22(16-17(5)25)18(6)26-19(7)24(23,8)12-4/h13,16,21,26H,7,9-12,14-15H2,1-6,8H3/b17-16+,20-13+,27-23?. The molecule has 1 aliphatic rings. The van der Waals surface area contributed by atoms with E-state index in [2.05, 4.69) is 88.4 Å². The molecular formula is C24H39BrN2. The predicted octanol–water partition coefficient (Wildman–Crippen LogP) is 7.84. The van der Waals surface area contributed by atoms with Crippen molar-refractivity contribution in [2.75, 3.05) is 0 Å². The molecule has 27 heavy (non-hydrogen) atoms. The zero-order chi connectivity index (χ0) is 20.6. The third-order valence-corrected chi connectivity index (χ3v) is 5.99. The van der Waals surface area contributed by atoms with E-state index >= 15 is 0 Å². The number of hydrogen-bond donors (Lipinski definition) is 1. The average Bonchev–Trinajstić information content (AvgIpc) is 2.63. The van der Waals surface area contributed by atoms with E-state index in [1.165, 1.54) is 11.3 Å². The second-order valence-electron chi connectivity index (χ2n) is 7.76. The van der Waals surface area contributed by atoms with Crippen molar-refractivity contribution in [2.45, 2.75) is 93.0 Å². The molecule has 0 saturated carbocycles. The second-order valence-corrected chi connectivity index (χ2v) is 9.01. The molecule has 0 aromatic heterocycles. The molecule has 0 aromatic carbocycles. The van der Waals surface area contributed by atoms with Gasteiger partial charge in [0.1, 0.15) is 0 Å². The first kappa shape index (κ1) is 23.9. The summed E-state index contributed by atoms with van der Waals surface area (Å²) in [6, 6.07) is 0.343. The number of nitrogens with one attached hydrogen (secondary N) is 1. The summed E-state index contributed by atoms with van der Waals surface area (Å²) in [5.41, 5.74) is 6.01. The van der Waals surface area contributed by atoms with Crippen LogP contribution in [0.15, 0.2) is 50.7 Å². The Morgan fingerprint density at radius 3 is 2.44 bits per heavy atom. The number of allylic oxidation sites excluding steroid dienone is 7. The van der Waals surface area contributed by atoms with Gasteiger partial charge in [0, 0.05) is 22.4 Å². The summed E-state index contributed by atoms with van der Waals surface area (Å²) >= 11 is 3.61. The molecule has 1 heterocycles. The van der Waals surface area contributed by atoms with Gasteiger partial charge in [0.05, 0.1) is 11.8 Å². The van der Waals surface area contributed by atoms with Gasteiger partial charge in [-0.05, 0) is 69.9 Å². The summed E-state index contributed by atoms with van der Waals surface area (Å²) in [6.45, 7) is 19.8. The van der Waals surface area contributed by atoms with Gasteiger partial charge in [-0.2, -0.15) is 0 Å². The van der Waals surface area contributed by atoms with Gasteiger partial charge in [-0.15, -0.1) is 0 Å². The highest BCUT2D eigenvalue weighted by Gasteiger charge is 2.38. The van der Waals surface area contributed by atoms with Crippen LogP contribution < -0.4 is 5.32 Å². The van der Waals surface area contributed by atoms with Crippen LogP contribution in [0.1, 0.15) is 87.0 Å². The van der Waals surface area contributed by atoms with Gasteiger partial charge in [0.15, 0.2) is 0 Å². The average molecular weight is 435 g/mol. The molecule has 0 aromatic rings. The van der Waals surface area contributed by atoms with Gasteiger partial charge < -0.3 is 5.32 Å². The van der Waals surface area contributed by atoms with E-state index in [9.17, 15) is 0 Å². The van der Waals surface area contributed by atoms with Crippen LogP contribution in [0.2, 0.25) is 0 Å². The van der Waals surface area contributed by atoms with E-state index in [1.807, 2.05) is 0 Å². The lowest BCUT2D eigenvalue weighted by Gasteiger charge is -2.39. The smallest absolute Gasteiger partial charge is 0.0559 e. The van der Waals surface area contributed by atoms with Crippen LogP contribution >= 0.6 is 15.9 Å². The van der Waals surface area contributed by atoms with Crippen molar-refractivity contribution in [3.63, 3.8) is 0 Å². The van der Waals surface area contributed by atoms with E-state index in [-0.39, 0.29) is 5.41 Å². The van der Waals surface area contributed by atoms with E-state index in [4.69, 9.17) is 4.99 Å². The highest BCUT2D eigenvalue weighted by Crippen LogP contribution is 2.39. The fraction of sp³-hybridized carbons (Fsp3) is 0.625. The van der Waals surface area contributed by atoms with Crippen LogP contribution in [0.25, 0.3) is 0 Å². The molecule has 2 atom stereocenters. The lowest BCUT2D eigenvalue weighted by Crippen LogP contribution is -2.42. The molecule has 152 valence electrons. The molecule has 2 unspecified atom stereocenters. The molecule has 3 heteroatoms. The van der Waals surface area contributed by atoms with Crippen LogP contribution in [0.4, 0.5) is 0 Å². The lowest BCUT2D eigenvalue weighted by atomic mass is 9.73. The van der Waals surface area contributed by atoms with Crippen LogP contribution in [-0.2, 0) is 0 Å². The van der Waals surface area contributed by atoms with Crippen LogP contribution in [0.5, 0.6) is 0 Å². The summed E-state index contributed by atoms with van der Waals surface area (Å²) in [5, 5.41) is 3.50. The number of rotatable bonds is 9. The van der Waals surface area contributed by atoms with Gasteiger partial charge in [-0.25, -0.2) is 0 Å². The zero-order valence-corrected chi connectivity index (χ0v) is 20.1. The molecule has 0 radical (unpaired) electrons. The molecule has 0 bridgehead atoms. The molecule has 0 amide bonds. The van der Waals surface area contributed by atoms with E-state index < -0.39 is 0 Å². The molecule has 0 saturated heterocycles. The molecule has 0 spiro atoms. The maximum atomic E-state index is 5.35. The van der Waals surface area contributed by atoms with Crippen LogP contribution in [0.3, 0.4) is 0 Å². The molecule has 1 rings (SSSR count). The first-order chi connectivity index (χ1) is 12.7. The molecule has 2 nitrogen and oxygen atoms in total. The fourth-order valence-electron chi connectivity index (χ4n) is 3.62. The second kappa shape index (κ2) is 11.0. The summed E-state index contributed by atoms with van der Waals surface area (Å²) in [4.78, 5) is 5.35. The van der Waals surface area contributed by atoms with E-state index in [0.29, 0.717) is 6.04 Å². The van der Waals surface area contributed by atoms with Gasteiger partial charge in [0.25, 0.3) is 0 Å². The maximum absolute atomic E-state index is 5.35. The molecular weight excluding hydrogens is 396 g/mol. The molecule has 0 fully saturated rings. The minimum Gasteiger partial charge on any atom is -0.362 e. The van der Waals surface area contributed by atoms with Crippen molar-refractivity contribution in [1.29, 1.82) is 0 Å². The SMILES string of the molecule is C=C1NC(C)=C(/C=C(\C)Br)C(=NC(CC)CC/C(=C/CC)CC)C1(C)CC. The Kier molecular flexibility index (Phi) is 9.80. The Bertz CT molecular complexity index is 647. The normalized spacial score (nSPS) is 24.4. The largest absolute Gasteiger partial charge is 0.362 e. The van der Waals surface area contributed by atoms with Crippen molar-refractivity contribution in [1.82, 2.24) is 5.32 Å². The zero-order valence-electron chi connectivity index (χ0n) is 18.5. The monoisotopic (exact) mass is 434 g/mol. The summed E-state index contributed by atoms with van der Waals surface area (Å²) in [5.74, 6) is 0.